The standard InChI is InChI=1S/C13H13FN4O3/c1-13(2,12(15)19)17-11-8(14)6-9(18(20)21)7-4-3-5-16-10(7)11/h3-6,17H,1-2H3,(H2,15,19). The second-order valence-electron chi connectivity index (χ2n) is 5.02. The lowest BCUT2D eigenvalue weighted by molar-refractivity contribution is -0.383. The number of hydrogen-bond acceptors (Lipinski definition) is 5. The van der Waals surface area contributed by atoms with Crippen molar-refractivity contribution >= 4 is 28.2 Å². The van der Waals surface area contributed by atoms with Crippen molar-refractivity contribution in [2.45, 2.75) is 19.4 Å². The molecule has 0 saturated carbocycles. The van der Waals surface area contributed by atoms with E-state index in [-0.39, 0.29) is 16.6 Å². The number of carbonyl (C=O) groups is 1. The highest BCUT2D eigenvalue weighted by atomic mass is 19.1. The molecule has 0 saturated heterocycles. The van der Waals surface area contributed by atoms with Crippen molar-refractivity contribution in [3.8, 4) is 0 Å². The first-order chi connectivity index (χ1) is 9.74. The van der Waals surface area contributed by atoms with E-state index in [4.69, 9.17) is 5.73 Å². The van der Waals surface area contributed by atoms with Crippen molar-refractivity contribution in [3.05, 3.63) is 40.3 Å². The van der Waals surface area contributed by atoms with Crippen LogP contribution in [0.15, 0.2) is 24.4 Å². The fraction of sp³-hybridized carbons (Fsp3) is 0.231. The molecule has 7 nitrogen and oxygen atoms in total. The Morgan fingerprint density at radius 2 is 2.19 bits per heavy atom. The average Bonchev–Trinajstić information content (AvgIpc) is 2.41. The number of nitrogens with zero attached hydrogens (tertiary/aromatic N) is 2. The van der Waals surface area contributed by atoms with Crippen LogP contribution in [0.2, 0.25) is 0 Å². The van der Waals surface area contributed by atoms with Crippen molar-refractivity contribution in [2.24, 2.45) is 5.73 Å². The molecule has 1 heterocycles. The zero-order valence-corrected chi connectivity index (χ0v) is 11.4. The molecule has 0 aliphatic carbocycles. The summed E-state index contributed by atoms with van der Waals surface area (Å²) in [5.74, 6) is -1.56. The van der Waals surface area contributed by atoms with Crippen LogP contribution in [0.4, 0.5) is 15.8 Å². The predicted octanol–water partition coefficient (Wildman–Crippen LogP) is 1.96. The number of fused-ring (bicyclic) bond motifs is 1. The van der Waals surface area contributed by atoms with Gasteiger partial charge in [-0.3, -0.25) is 19.9 Å². The summed E-state index contributed by atoms with van der Waals surface area (Å²) in [6.07, 6.45) is 1.38. The Labute approximate surface area is 119 Å². The van der Waals surface area contributed by atoms with Crippen molar-refractivity contribution in [1.82, 2.24) is 4.98 Å². The maximum absolute atomic E-state index is 14.2. The van der Waals surface area contributed by atoms with Gasteiger partial charge in [0.1, 0.15) is 11.1 Å². The molecule has 2 aromatic rings. The highest BCUT2D eigenvalue weighted by molar-refractivity contribution is 5.99. The van der Waals surface area contributed by atoms with E-state index in [1.165, 1.54) is 32.2 Å². The smallest absolute Gasteiger partial charge is 0.281 e. The summed E-state index contributed by atoms with van der Waals surface area (Å²) < 4.78 is 14.2. The Hall–Kier alpha value is -2.77. The molecule has 8 heteroatoms. The van der Waals surface area contributed by atoms with Gasteiger partial charge in [-0.1, -0.05) is 0 Å². The zero-order valence-electron chi connectivity index (χ0n) is 11.4. The van der Waals surface area contributed by atoms with Crippen LogP contribution in [0.3, 0.4) is 0 Å². The van der Waals surface area contributed by atoms with E-state index < -0.39 is 27.9 Å². The Kier molecular flexibility index (Phi) is 3.46. The molecule has 21 heavy (non-hydrogen) atoms. The predicted molar refractivity (Wildman–Crippen MR) is 75.3 cm³/mol. The van der Waals surface area contributed by atoms with Gasteiger partial charge in [0, 0.05) is 6.20 Å². The maximum atomic E-state index is 14.2. The summed E-state index contributed by atoms with van der Waals surface area (Å²) >= 11 is 0. The summed E-state index contributed by atoms with van der Waals surface area (Å²) in [5.41, 5.74) is 3.58. The lowest BCUT2D eigenvalue weighted by atomic mass is 10.0. The van der Waals surface area contributed by atoms with Crippen molar-refractivity contribution in [3.63, 3.8) is 0 Å². The molecule has 3 N–H and O–H groups in total. The number of nitro groups is 1. The van der Waals surface area contributed by atoms with Crippen LogP contribution in [0.5, 0.6) is 0 Å². The van der Waals surface area contributed by atoms with Gasteiger partial charge in [-0.05, 0) is 26.0 Å². The van der Waals surface area contributed by atoms with E-state index >= 15 is 0 Å². The summed E-state index contributed by atoms with van der Waals surface area (Å²) in [4.78, 5) is 25.6. The normalized spacial score (nSPS) is 11.4. The average molecular weight is 292 g/mol. The third kappa shape index (κ3) is 2.60. The Morgan fingerprint density at radius 1 is 1.52 bits per heavy atom. The van der Waals surface area contributed by atoms with Gasteiger partial charge in [-0.25, -0.2) is 4.39 Å². The van der Waals surface area contributed by atoms with E-state index in [1.807, 2.05) is 0 Å². The number of benzene rings is 1. The molecule has 2 rings (SSSR count). The van der Waals surface area contributed by atoms with Crippen LogP contribution in [0.25, 0.3) is 10.9 Å². The fourth-order valence-electron chi connectivity index (χ4n) is 1.84. The number of hydrogen-bond donors (Lipinski definition) is 2. The third-order valence-corrected chi connectivity index (χ3v) is 3.07. The molecule has 1 aromatic heterocycles. The Morgan fingerprint density at radius 3 is 2.76 bits per heavy atom. The number of halogens is 1. The summed E-state index contributed by atoms with van der Waals surface area (Å²) in [6.45, 7) is 2.95. The zero-order chi connectivity index (χ0) is 15.8. The molecule has 0 atom stereocenters. The molecule has 0 fully saturated rings. The largest absolute Gasteiger partial charge is 0.368 e. The topological polar surface area (TPSA) is 111 Å². The number of nitro benzene ring substituents is 1. The second kappa shape index (κ2) is 4.97. The number of pyridine rings is 1. The molecule has 0 spiro atoms. The van der Waals surface area contributed by atoms with Crippen LogP contribution in [-0.4, -0.2) is 21.4 Å². The highest BCUT2D eigenvalue weighted by Crippen LogP contribution is 2.33. The van der Waals surface area contributed by atoms with E-state index in [2.05, 4.69) is 10.3 Å². The monoisotopic (exact) mass is 292 g/mol. The second-order valence-corrected chi connectivity index (χ2v) is 5.02. The number of amides is 1. The van der Waals surface area contributed by atoms with Gasteiger partial charge in [-0.2, -0.15) is 0 Å². The van der Waals surface area contributed by atoms with E-state index in [0.29, 0.717) is 0 Å². The minimum absolute atomic E-state index is 0.0681. The van der Waals surface area contributed by atoms with Crippen LogP contribution in [0, 0.1) is 15.9 Å². The van der Waals surface area contributed by atoms with Gasteiger partial charge < -0.3 is 11.1 Å². The summed E-state index contributed by atoms with van der Waals surface area (Å²) in [5, 5.41) is 13.8. The Balaban J connectivity index is 2.71. The number of nitrogens with one attached hydrogen (secondary N) is 1. The number of anilines is 1. The number of rotatable bonds is 4. The van der Waals surface area contributed by atoms with Crippen LogP contribution in [-0.2, 0) is 4.79 Å². The maximum Gasteiger partial charge on any atom is 0.281 e. The minimum atomic E-state index is -1.23. The molecule has 0 bridgehead atoms. The lowest BCUT2D eigenvalue weighted by Gasteiger charge is -2.24. The molecule has 0 unspecified atom stereocenters. The number of non-ortho nitro benzene ring substituents is 1. The highest BCUT2D eigenvalue weighted by Gasteiger charge is 2.28. The van der Waals surface area contributed by atoms with Crippen LogP contribution in [0.1, 0.15) is 13.8 Å². The molecule has 0 aliphatic heterocycles. The molecular weight excluding hydrogens is 279 g/mol. The fourth-order valence-corrected chi connectivity index (χ4v) is 1.84. The molecule has 0 radical (unpaired) electrons. The first-order valence-electron chi connectivity index (χ1n) is 6.04. The van der Waals surface area contributed by atoms with Gasteiger partial charge in [0.05, 0.1) is 22.1 Å². The van der Waals surface area contributed by atoms with E-state index in [1.54, 1.807) is 0 Å². The first-order valence-corrected chi connectivity index (χ1v) is 6.04. The van der Waals surface area contributed by atoms with Gasteiger partial charge in [0.2, 0.25) is 5.91 Å². The van der Waals surface area contributed by atoms with Gasteiger partial charge >= 0.3 is 0 Å². The number of nitrogens with two attached hydrogens (primary N) is 1. The summed E-state index contributed by atoms with van der Waals surface area (Å²) in [7, 11) is 0. The van der Waals surface area contributed by atoms with E-state index in [0.717, 1.165) is 6.07 Å². The molecule has 1 aromatic carbocycles. The molecule has 110 valence electrons. The minimum Gasteiger partial charge on any atom is -0.368 e. The van der Waals surface area contributed by atoms with Gasteiger partial charge in [-0.15, -0.1) is 0 Å². The summed E-state index contributed by atoms with van der Waals surface area (Å²) in [6, 6.07) is 3.77. The number of carbonyl (C=O) groups excluding carboxylic acids is 1. The Bertz CT molecular complexity index is 746. The lowest BCUT2D eigenvalue weighted by Crippen LogP contribution is -2.45. The van der Waals surface area contributed by atoms with Crippen LogP contribution < -0.4 is 11.1 Å². The third-order valence-electron chi connectivity index (χ3n) is 3.07. The van der Waals surface area contributed by atoms with Gasteiger partial charge in [0.25, 0.3) is 5.69 Å². The van der Waals surface area contributed by atoms with Crippen molar-refractivity contribution in [1.29, 1.82) is 0 Å². The molecule has 1 amide bonds. The molecular formula is C13H13FN4O3. The van der Waals surface area contributed by atoms with E-state index in [9.17, 15) is 19.3 Å². The van der Waals surface area contributed by atoms with Crippen molar-refractivity contribution < 1.29 is 14.1 Å². The van der Waals surface area contributed by atoms with Crippen LogP contribution >= 0.6 is 0 Å². The molecule has 0 aliphatic rings. The number of primary amides is 1. The first kappa shape index (κ1) is 14.6. The SMILES string of the molecule is CC(C)(Nc1c(F)cc([N+](=O)[O-])c2cccnc12)C(N)=O. The number of aromatic nitrogens is 1. The quantitative estimate of drug-likeness (QED) is 0.661. The van der Waals surface area contributed by atoms with Crippen molar-refractivity contribution in [2.75, 3.05) is 5.32 Å². The van der Waals surface area contributed by atoms with Gasteiger partial charge in [0.15, 0.2) is 5.82 Å².